The van der Waals surface area contributed by atoms with E-state index in [1.165, 1.54) is 0 Å². The zero-order valence-electron chi connectivity index (χ0n) is 12.4. The van der Waals surface area contributed by atoms with Crippen LogP contribution in [0.5, 0.6) is 0 Å². The Morgan fingerprint density at radius 1 is 1.25 bits per heavy atom. The Morgan fingerprint density at radius 2 is 1.75 bits per heavy atom. The highest BCUT2D eigenvalue weighted by Crippen LogP contribution is 2.51. The van der Waals surface area contributed by atoms with Gasteiger partial charge in [0.15, 0.2) is 0 Å². The second-order valence-electron chi connectivity index (χ2n) is 6.47. The Bertz CT molecular complexity index is 627. The minimum Gasteiger partial charge on any atom is -0.274 e. The molecule has 5 heteroatoms. The van der Waals surface area contributed by atoms with E-state index >= 15 is 0 Å². The first-order valence-corrected chi connectivity index (χ1v) is 8.36. The highest BCUT2D eigenvalue weighted by atomic mass is 32.2. The zero-order chi connectivity index (χ0) is 15.1. The van der Waals surface area contributed by atoms with E-state index in [-0.39, 0.29) is 23.0 Å². The molecule has 2 rings (SSSR count). The molecule has 1 aliphatic rings. The fourth-order valence-corrected chi connectivity index (χ4v) is 3.67. The molecule has 110 valence electrons. The van der Waals surface area contributed by atoms with E-state index in [1.807, 2.05) is 45.9 Å². The number of sulfonamides is 1. The van der Waals surface area contributed by atoms with Crippen molar-refractivity contribution >= 4 is 15.9 Å². The van der Waals surface area contributed by atoms with E-state index in [9.17, 15) is 13.2 Å². The van der Waals surface area contributed by atoms with E-state index in [0.29, 0.717) is 5.56 Å². The Kier molecular flexibility index (Phi) is 3.67. The SMILES string of the molecule is Cc1cc(C)cc(CS(=O)(=O)NC(=O)[C@H]2CC2(C)C)c1. The lowest BCUT2D eigenvalue weighted by Crippen LogP contribution is -2.33. The van der Waals surface area contributed by atoms with Gasteiger partial charge in [-0.2, -0.15) is 0 Å². The average Bonchev–Trinajstić information content (AvgIpc) is 2.84. The lowest BCUT2D eigenvalue weighted by Gasteiger charge is -2.09. The van der Waals surface area contributed by atoms with E-state index in [4.69, 9.17) is 0 Å². The second kappa shape index (κ2) is 4.88. The van der Waals surface area contributed by atoms with E-state index in [2.05, 4.69) is 4.72 Å². The number of benzene rings is 1. The molecule has 1 saturated carbocycles. The normalized spacial score (nSPS) is 20.5. The maximum absolute atomic E-state index is 12.0. The molecule has 20 heavy (non-hydrogen) atoms. The summed E-state index contributed by atoms with van der Waals surface area (Å²) in [5.41, 5.74) is 2.67. The van der Waals surface area contributed by atoms with Crippen LogP contribution in [0.1, 0.15) is 37.0 Å². The summed E-state index contributed by atoms with van der Waals surface area (Å²) in [7, 11) is -3.62. The molecule has 1 N–H and O–H groups in total. The topological polar surface area (TPSA) is 63.2 Å². The maximum atomic E-state index is 12.0. The van der Waals surface area contributed by atoms with E-state index in [0.717, 1.165) is 17.5 Å². The highest BCUT2D eigenvalue weighted by Gasteiger charge is 2.51. The quantitative estimate of drug-likeness (QED) is 0.927. The molecule has 0 saturated heterocycles. The molecule has 1 aliphatic carbocycles. The Balaban J connectivity index is 2.06. The number of hydrogen-bond acceptors (Lipinski definition) is 3. The van der Waals surface area contributed by atoms with Crippen LogP contribution in [0.4, 0.5) is 0 Å². The summed E-state index contributed by atoms with van der Waals surface area (Å²) >= 11 is 0. The van der Waals surface area contributed by atoms with Crippen molar-refractivity contribution in [1.82, 2.24) is 4.72 Å². The van der Waals surface area contributed by atoms with Crippen molar-refractivity contribution in [3.8, 4) is 0 Å². The van der Waals surface area contributed by atoms with Gasteiger partial charge in [0.2, 0.25) is 15.9 Å². The van der Waals surface area contributed by atoms with Gasteiger partial charge >= 0.3 is 0 Å². The van der Waals surface area contributed by atoms with Crippen LogP contribution in [-0.2, 0) is 20.6 Å². The molecule has 0 heterocycles. The third kappa shape index (κ3) is 3.60. The van der Waals surface area contributed by atoms with Crippen molar-refractivity contribution in [3.05, 3.63) is 34.9 Å². The van der Waals surface area contributed by atoms with Crippen LogP contribution in [0, 0.1) is 25.2 Å². The minimum absolute atomic E-state index is 0.0699. The fourth-order valence-electron chi connectivity index (χ4n) is 2.55. The molecule has 0 aliphatic heterocycles. The van der Waals surface area contributed by atoms with E-state index < -0.39 is 10.0 Å². The van der Waals surface area contributed by atoms with Gasteiger partial charge in [-0.05, 0) is 31.2 Å². The van der Waals surface area contributed by atoms with Crippen LogP contribution in [0.25, 0.3) is 0 Å². The molecule has 4 nitrogen and oxygen atoms in total. The molecule has 0 aromatic heterocycles. The summed E-state index contributed by atoms with van der Waals surface area (Å²) in [6, 6.07) is 5.65. The first kappa shape index (κ1) is 15.0. The van der Waals surface area contributed by atoms with Crippen molar-refractivity contribution in [2.75, 3.05) is 0 Å². The van der Waals surface area contributed by atoms with Crippen molar-refractivity contribution in [1.29, 1.82) is 0 Å². The molecular formula is C15H21NO3S. The number of hydrogen-bond donors (Lipinski definition) is 1. The molecule has 1 aromatic carbocycles. The number of carbonyl (C=O) groups is 1. The second-order valence-corrected chi connectivity index (χ2v) is 8.19. The van der Waals surface area contributed by atoms with Crippen molar-refractivity contribution in [3.63, 3.8) is 0 Å². The van der Waals surface area contributed by atoms with E-state index in [1.54, 1.807) is 0 Å². The molecular weight excluding hydrogens is 274 g/mol. The zero-order valence-corrected chi connectivity index (χ0v) is 13.2. The Morgan fingerprint density at radius 3 is 2.20 bits per heavy atom. The Labute approximate surface area is 120 Å². The molecule has 1 atom stereocenters. The van der Waals surface area contributed by atoms with Gasteiger partial charge < -0.3 is 0 Å². The number of rotatable bonds is 4. The van der Waals surface area contributed by atoms with Crippen LogP contribution in [0.3, 0.4) is 0 Å². The van der Waals surface area contributed by atoms with Gasteiger partial charge in [-0.1, -0.05) is 43.2 Å². The highest BCUT2D eigenvalue weighted by molar-refractivity contribution is 7.89. The van der Waals surface area contributed by atoms with Gasteiger partial charge in [0, 0.05) is 5.92 Å². The molecule has 0 spiro atoms. The Hall–Kier alpha value is -1.36. The minimum atomic E-state index is -3.62. The van der Waals surface area contributed by atoms with Gasteiger partial charge in [-0.15, -0.1) is 0 Å². The lowest BCUT2D eigenvalue weighted by molar-refractivity contribution is -0.121. The van der Waals surface area contributed by atoms with Gasteiger partial charge in [0.05, 0.1) is 5.75 Å². The van der Waals surface area contributed by atoms with Crippen LogP contribution >= 0.6 is 0 Å². The van der Waals surface area contributed by atoms with Crippen molar-refractivity contribution in [2.45, 2.75) is 39.9 Å². The average molecular weight is 295 g/mol. The lowest BCUT2D eigenvalue weighted by atomic mass is 10.1. The predicted molar refractivity (Wildman–Crippen MR) is 78.6 cm³/mol. The number of amides is 1. The summed E-state index contributed by atoms with van der Waals surface area (Å²) in [5, 5.41) is 0. The monoisotopic (exact) mass is 295 g/mol. The predicted octanol–water partition coefficient (Wildman–Crippen LogP) is 2.30. The third-order valence-electron chi connectivity index (χ3n) is 3.72. The molecule has 1 aromatic rings. The van der Waals surface area contributed by atoms with Crippen LogP contribution in [0.15, 0.2) is 18.2 Å². The number of aryl methyl sites for hydroxylation is 2. The summed E-state index contributed by atoms with van der Waals surface area (Å²) in [5.74, 6) is -0.718. The first-order valence-electron chi connectivity index (χ1n) is 6.71. The van der Waals surface area contributed by atoms with Gasteiger partial charge in [-0.25, -0.2) is 8.42 Å². The standard InChI is InChI=1S/C15H21NO3S/c1-10-5-11(2)7-12(6-10)9-20(18,19)16-14(17)13-8-15(13,3)4/h5-7,13H,8-9H2,1-4H3,(H,16,17)/t13-/m1/s1. The van der Waals surface area contributed by atoms with Crippen LogP contribution in [0.2, 0.25) is 0 Å². The van der Waals surface area contributed by atoms with Gasteiger partial charge in [-0.3, -0.25) is 9.52 Å². The fraction of sp³-hybridized carbons (Fsp3) is 0.533. The molecule has 0 unspecified atom stereocenters. The van der Waals surface area contributed by atoms with Crippen LogP contribution < -0.4 is 4.72 Å². The van der Waals surface area contributed by atoms with Crippen molar-refractivity contribution in [2.24, 2.45) is 11.3 Å². The maximum Gasteiger partial charge on any atom is 0.239 e. The first-order chi connectivity index (χ1) is 9.09. The molecule has 1 fully saturated rings. The summed E-state index contributed by atoms with van der Waals surface area (Å²) in [4.78, 5) is 11.9. The third-order valence-corrected chi connectivity index (χ3v) is 4.95. The summed E-state index contributed by atoms with van der Waals surface area (Å²) < 4.78 is 26.3. The summed E-state index contributed by atoms with van der Waals surface area (Å²) in [6.45, 7) is 7.78. The largest absolute Gasteiger partial charge is 0.274 e. The van der Waals surface area contributed by atoms with Gasteiger partial charge in [0.25, 0.3) is 0 Å². The number of nitrogens with one attached hydrogen (secondary N) is 1. The molecule has 0 bridgehead atoms. The van der Waals surface area contributed by atoms with Gasteiger partial charge in [0.1, 0.15) is 0 Å². The van der Waals surface area contributed by atoms with Crippen LogP contribution in [-0.4, -0.2) is 14.3 Å². The number of carbonyl (C=O) groups excluding carboxylic acids is 1. The summed E-state index contributed by atoms with van der Waals surface area (Å²) in [6.07, 6.45) is 0.748. The molecule has 1 amide bonds. The molecule has 0 radical (unpaired) electrons. The van der Waals surface area contributed by atoms with Crippen molar-refractivity contribution < 1.29 is 13.2 Å². The smallest absolute Gasteiger partial charge is 0.239 e.